The molecule has 2 heteroatoms. The first kappa shape index (κ1) is 20.0. The van der Waals surface area contributed by atoms with E-state index in [0.717, 1.165) is 12.0 Å². The van der Waals surface area contributed by atoms with E-state index in [9.17, 15) is 0 Å². The highest BCUT2D eigenvalue weighted by Gasteiger charge is 2.40. The van der Waals surface area contributed by atoms with Crippen LogP contribution in [0.15, 0.2) is 54.6 Å². The maximum atomic E-state index is 6.07. The molecule has 0 unspecified atom stereocenters. The van der Waals surface area contributed by atoms with Gasteiger partial charge in [0.15, 0.2) is 0 Å². The number of halogens is 1. The van der Waals surface area contributed by atoms with Gasteiger partial charge in [-0.2, -0.15) is 0 Å². The van der Waals surface area contributed by atoms with Crippen LogP contribution in [-0.2, 0) is 10.2 Å². The lowest BCUT2D eigenvalue weighted by molar-refractivity contribution is -0.00983. The number of ether oxygens (including phenoxy) is 1. The number of hydrogen-bond donors (Lipinski definition) is 0. The molecule has 1 nitrogen and oxygen atoms in total. The second-order valence-electron chi connectivity index (χ2n) is 8.13. The molecule has 1 fully saturated rings. The highest BCUT2D eigenvalue weighted by atomic mass is 35.5. The molecule has 0 amide bonds. The van der Waals surface area contributed by atoms with Crippen molar-refractivity contribution < 1.29 is 4.74 Å². The molecule has 2 aromatic rings. The molecular weight excluding hydrogens is 352 g/mol. The van der Waals surface area contributed by atoms with Gasteiger partial charge in [-0.05, 0) is 59.9 Å². The second-order valence-corrected chi connectivity index (χ2v) is 8.56. The van der Waals surface area contributed by atoms with Gasteiger partial charge in [0, 0.05) is 10.6 Å². The first-order chi connectivity index (χ1) is 13.0. The summed E-state index contributed by atoms with van der Waals surface area (Å²) in [5, 5.41) is 0.715. The Morgan fingerprint density at radius 3 is 2.41 bits per heavy atom. The first-order valence-corrected chi connectivity index (χ1v) is 10.1. The maximum Gasteiger partial charge on any atom is 0.217 e. The Balaban J connectivity index is 1.68. The van der Waals surface area contributed by atoms with Gasteiger partial charge in [0.05, 0.1) is 6.10 Å². The summed E-state index contributed by atoms with van der Waals surface area (Å²) < 4.78 is 6.07. The Kier molecular flexibility index (Phi) is 6.64. The molecule has 140 valence electrons. The molecule has 2 aromatic carbocycles. The molecule has 0 aliphatic heterocycles. The zero-order valence-corrected chi connectivity index (χ0v) is 17.1. The minimum absolute atomic E-state index is 0.0529. The van der Waals surface area contributed by atoms with Crippen molar-refractivity contribution in [1.29, 1.82) is 0 Å². The van der Waals surface area contributed by atoms with Gasteiger partial charge in [-0.15, -0.1) is 0 Å². The summed E-state index contributed by atoms with van der Waals surface area (Å²) in [5.41, 5.74) is 2.33. The largest absolute Gasteiger partial charge is 0.351 e. The number of rotatable bonds is 4. The van der Waals surface area contributed by atoms with Crippen LogP contribution in [0.1, 0.15) is 51.2 Å². The average molecular weight is 379 g/mol. The Hall–Kier alpha value is -1.75. The summed E-state index contributed by atoms with van der Waals surface area (Å²) in [6, 6.07) is 18.3. The summed E-state index contributed by atoms with van der Waals surface area (Å²) in [5.74, 6) is 7.11. The third kappa shape index (κ3) is 5.16. The van der Waals surface area contributed by atoms with Gasteiger partial charge in [-0.3, -0.25) is 0 Å². The Morgan fingerprint density at radius 1 is 1.00 bits per heavy atom. The summed E-state index contributed by atoms with van der Waals surface area (Å²) >= 11 is 5.91. The zero-order chi connectivity index (χ0) is 19.3. The maximum absolute atomic E-state index is 6.07. The van der Waals surface area contributed by atoms with Crippen LogP contribution < -0.4 is 0 Å². The van der Waals surface area contributed by atoms with E-state index in [1.54, 1.807) is 0 Å². The van der Waals surface area contributed by atoms with E-state index in [1.165, 1.54) is 18.4 Å². The van der Waals surface area contributed by atoms with Crippen LogP contribution in [0.25, 0.3) is 0 Å². The van der Waals surface area contributed by atoms with Crippen molar-refractivity contribution in [3.8, 4) is 11.8 Å². The van der Waals surface area contributed by atoms with Crippen molar-refractivity contribution >= 4 is 11.6 Å². The molecule has 0 heterocycles. The molecule has 3 atom stereocenters. The monoisotopic (exact) mass is 378 g/mol. The minimum atomic E-state index is 0.0529. The van der Waals surface area contributed by atoms with Crippen LogP contribution in [0.4, 0.5) is 0 Å². The lowest BCUT2D eigenvalue weighted by Crippen LogP contribution is -2.42. The van der Waals surface area contributed by atoms with E-state index < -0.39 is 0 Å². The van der Waals surface area contributed by atoms with E-state index in [1.807, 2.05) is 24.3 Å². The number of benzene rings is 2. The van der Waals surface area contributed by atoms with E-state index in [2.05, 4.69) is 69.6 Å². The number of hydrogen-bond acceptors (Lipinski definition) is 1. The molecule has 1 saturated carbocycles. The van der Waals surface area contributed by atoms with Gasteiger partial charge in [-0.1, -0.05) is 81.0 Å². The van der Waals surface area contributed by atoms with Crippen molar-refractivity contribution in [2.24, 2.45) is 11.8 Å². The van der Waals surface area contributed by atoms with Crippen LogP contribution in [0.2, 0.25) is 5.02 Å². The first-order valence-electron chi connectivity index (χ1n) is 9.69. The van der Waals surface area contributed by atoms with Crippen LogP contribution in [0.5, 0.6) is 0 Å². The molecule has 0 spiro atoms. The molecule has 1 aliphatic carbocycles. The third-order valence-electron chi connectivity index (χ3n) is 5.81. The van der Waals surface area contributed by atoms with Gasteiger partial charge < -0.3 is 4.74 Å². The molecule has 3 rings (SSSR count). The summed E-state index contributed by atoms with van der Waals surface area (Å²) in [6.45, 7) is 9.87. The van der Waals surface area contributed by atoms with Gasteiger partial charge in [-0.25, -0.2) is 0 Å². The van der Waals surface area contributed by atoms with E-state index in [4.69, 9.17) is 16.3 Å². The topological polar surface area (TPSA) is 9.23 Å². The average Bonchev–Trinajstić information content (AvgIpc) is 2.67. The molecule has 2 radical (unpaired) electrons. The van der Waals surface area contributed by atoms with Crippen molar-refractivity contribution in [3.63, 3.8) is 0 Å². The van der Waals surface area contributed by atoms with Crippen molar-refractivity contribution in [2.75, 3.05) is 0 Å². The Bertz CT molecular complexity index is 783. The fourth-order valence-electron chi connectivity index (χ4n) is 4.10. The molecule has 1 aliphatic rings. The van der Waals surface area contributed by atoms with Gasteiger partial charge in [0.25, 0.3) is 0 Å². The second kappa shape index (κ2) is 8.96. The Labute approximate surface area is 169 Å². The normalized spacial score (nSPS) is 22.7. The van der Waals surface area contributed by atoms with Crippen molar-refractivity contribution in [1.82, 2.24) is 0 Å². The van der Waals surface area contributed by atoms with Crippen molar-refractivity contribution in [2.45, 2.75) is 51.6 Å². The fraction of sp³-hybridized carbons (Fsp3) is 0.400. The van der Waals surface area contributed by atoms with E-state index in [0.29, 0.717) is 16.9 Å². The fourth-order valence-corrected chi connectivity index (χ4v) is 4.23. The van der Waals surface area contributed by atoms with Crippen molar-refractivity contribution in [3.05, 3.63) is 77.4 Å². The summed E-state index contributed by atoms with van der Waals surface area (Å²) in [6.07, 6.45) is 3.61. The molecule has 0 bridgehead atoms. The lowest BCUT2D eigenvalue weighted by atomic mass is 9.64. The highest BCUT2D eigenvalue weighted by Crippen LogP contribution is 2.43. The van der Waals surface area contributed by atoms with Crippen LogP contribution in [-0.4, -0.2) is 6.10 Å². The van der Waals surface area contributed by atoms with Crippen LogP contribution in [0.3, 0.4) is 0 Å². The predicted molar refractivity (Wildman–Crippen MR) is 112 cm³/mol. The minimum Gasteiger partial charge on any atom is -0.351 e. The van der Waals surface area contributed by atoms with Crippen LogP contribution in [0, 0.1) is 30.3 Å². The SMILES string of the molecule is C[C@@H]1CC[C@@H](C(C)(C)c2ccccc2)[C@H](O[C]C#Cc2ccc(Cl)cc2)C1. The lowest BCUT2D eigenvalue weighted by Gasteiger charge is -2.44. The molecule has 27 heavy (non-hydrogen) atoms. The van der Waals surface area contributed by atoms with Crippen LogP contribution >= 0.6 is 11.6 Å². The Morgan fingerprint density at radius 2 is 1.70 bits per heavy atom. The summed E-state index contributed by atoms with van der Waals surface area (Å²) in [4.78, 5) is 0. The standard InChI is InChI=1S/C25H27ClO/c1-19-11-16-23(25(2,3)21-9-5-4-6-10-21)24(18-19)27-17-7-8-20-12-14-22(26)15-13-20/h4-6,9-10,12-15,19,23-24H,11,16,18H2,1-3H3/t19-,23-,24-/m1/s1. The molecular formula is C25H27ClO. The predicted octanol–water partition coefficient (Wildman–Crippen LogP) is 6.53. The molecule has 0 N–H and O–H groups in total. The molecule has 0 saturated heterocycles. The molecule has 0 aromatic heterocycles. The smallest absolute Gasteiger partial charge is 0.217 e. The third-order valence-corrected chi connectivity index (χ3v) is 6.06. The van der Waals surface area contributed by atoms with E-state index in [-0.39, 0.29) is 11.5 Å². The van der Waals surface area contributed by atoms with E-state index >= 15 is 0 Å². The zero-order valence-electron chi connectivity index (χ0n) is 16.3. The summed E-state index contributed by atoms with van der Waals surface area (Å²) in [7, 11) is 0. The highest BCUT2D eigenvalue weighted by molar-refractivity contribution is 6.30. The quantitative estimate of drug-likeness (QED) is 0.549. The van der Waals surface area contributed by atoms with Gasteiger partial charge in [0.1, 0.15) is 0 Å². The van der Waals surface area contributed by atoms with Gasteiger partial charge in [0.2, 0.25) is 6.61 Å². The van der Waals surface area contributed by atoms with Gasteiger partial charge >= 0.3 is 0 Å².